The molecular formula is C10H9ClN2S2. The number of aromatic nitrogens is 1. The van der Waals surface area contributed by atoms with Crippen molar-refractivity contribution >= 4 is 50.9 Å². The minimum absolute atomic E-state index is 0.501. The maximum atomic E-state index is 5.92. The third kappa shape index (κ3) is 1.71. The average molecular weight is 257 g/mol. The van der Waals surface area contributed by atoms with Gasteiger partial charge < -0.3 is 4.90 Å². The fourth-order valence-electron chi connectivity index (χ4n) is 1.64. The summed E-state index contributed by atoms with van der Waals surface area (Å²) in [6.07, 6.45) is 0. The van der Waals surface area contributed by atoms with Gasteiger partial charge >= 0.3 is 0 Å². The minimum Gasteiger partial charge on any atom is -0.346 e. The van der Waals surface area contributed by atoms with E-state index in [1.165, 1.54) is 4.70 Å². The van der Waals surface area contributed by atoms with E-state index in [0.29, 0.717) is 5.25 Å². The first kappa shape index (κ1) is 9.75. The van der Waals surface area contributed by atoms with Crippen LogP contribution in [0.5, 0.6) is 0 Å². The maximum absolute atomic E-state index is 5.92. The highest BCUT2D eigenvalue weighted by Gasteiger charge is 2.25. The Morgan fingerprint density at radius 2 is 2.27 bits per heavy atom. The molecule has 2 nitrogen and oxygen atoms in total. The van der Waals surface area contributed by atoms with Gasteiger partial charge in [0, 0.05) is 23.4 Å². The fraction of sp³-hybridized carbons (Fsp3) is 0.300. The highest BCUT2D eigenvalue weighted by Crippen LogP contribution is 2.33. The minimum atomic E-state index is 0.501. The molecule has 0 saturated carbocycles. The van der Waals surface area contributed by atoms with E-state index in [2.05, 4.69) is 22.5 Å². The van der Waals surface area contributed by atoms with Crippen LogP contribution in [-0.4, -0.2) is 23.3 Å². The first-order valence-corrected chi connectivity index (χ1v) is 6.42. The largest absolute Gasteiger partial charge is 0.346 e. The molecule has 0 spiro atoms. The van der Waals surface area contributed by atoms with E-state index in [0.717, 1.165) is 28.8 Å². The van der Waals surface area contributed by atoms with Crippen LogP contribution in [0.2, 0.25) is 5.02 Å². The summed E-state index contributed by atoms with van der Waals surface area (Å²) < 4.78 is 1.19. The van der Waals surface area contributed by atoms with Crippen molar-refractivity contribution in [2.24, 2.45) is 0 Å². The topological polar surface area (TPSA) is 16.1 Å². The molecule has 0 radical (unpaired) electrons. The van der Waals surface area contributed by atoms with E-state index in [9.17, 15) is 0 Å². The third-order valence-corrected chi connectivity index (χ3v) is 4.13. The number of nitrogens with zero attached hydrogens (tertiary/aromatic N) is 2. The van der Waals surface area contributed by atoms with Crippen molar-refractivity contribution in [3.63, 3.8) is 0 Å². The molecule has 1 aromatic carbocycles. The molecule has 0 aliphatic carbocycles. The van der Waals surface area contributed by atoms with Crippen LogP contribution < -0.4 is 4.90 Å². The molecular weight excluding hydrogens is 248 g/mol. The summed E-state index contributed by atoms with van der Waals surface area (Å²) >= 11 is 12.0. The number of thiazole rings is 1. The normalized spacial score (nSPS) is 17.1. The second kappa shape index (κ2) is 3.54. The average Bonchev–Trinajstić information content (AvgIpc) is 2.55. The Balaban J connectivity index is 1.99. The monoisotopic (exact) mass is 256 g/mol. The van der Waals surface area contributed by atoms with E-state index in [4.69, 9.17) is 11.6 Å². The zero-order chi connectivity index (χ0) is 10.4. The number of anilines is 1. The molecule has 1 aliphatic heterocycles. The molecule has 1 aromatic heterocycles. The summed E-state index contributed by atoms with van der Waals surface area (Å²) in [5.41, 5.74) is 0.991. The Morgan fingerprint density at radius 3 is 3.00 bits per heavy atom. The molecule has 1 fully saturated rings. The Kier molecular flexibility index (Phi) is 2.30. The van der Waals surface area contributed by atoms with Crippen LogP contribution in [0, 0.1) is 0 Å². The van der Waals surface area contributed by atoms with Crippen molar-refractivity contribution in [2.75, 3.05) is 18.0 Å². The number of thiol groups is 1. The molecule has 0 atom stereocenters. The van der Waals surface area contributed by atoms with Crippen LogP contribution in [0.1, 0.15) is 0 Å². The van der Waals surface area contributed by atoms with Gasteiger partial charge in [-0.15, -0.1) is 0 Å². The summed E-state index contributed by atoms with van der Waals surface area (Å²) in [5, 5.41) is 2.33. The first-order chi connectivity index (χ1) is 7.22. The molecule has 2 heterocycles. The van der Waals surface area contributed by atoms with Gasteiger partial charge in [-0.3, -0.25) is 0 Å². The lowest BCUT2D eigenvalue weighted by Gasteiger charge is -2.36. The van der Waals surface area contributed by atoms with Crippen molar-refractivity contribution in [1.29, 1.82) is 0 Å². The van der Waals surface area contributed by atoms with Gasteiger partial charge in [0.2, 0.25) is 0 Å². The second-order valence-electron chi connectivity index (χ2n) is 3.67. The lowest BCUT2D eigenvalue weighted by Crippen LogP contribution is -2.47. The zero-order valence-corrected chi connectivity index (χ0v) is 10.3. The highest BCUT2D eigenvalue weighted by molar-refractivity contribution is 7.81. The Labute approximate surface area is 102 Å². The van der Waals surface area contributed by atoms with Crippen LogP contribution in [0.4, 0.5) is 5.13 Å². The summed E-state index contributed by atoms with van der Waals surface area (Å²) in [6.45, 7) is 1.99. The van der Waals surface area contributed by atoms with Gasteiger partial charge in [0.05, 0.1) is 10.2 Å². The lowest BCUT2D eigenvalue weighted by atomic mass is 10.2. The summed E-state index contributed by atoms with van der Waals surface area (Å²) in [6, 6.07) is 5.84. The number of hydrogen-bond acceptors (Lipinski definition) is 4. The van der Waals surface area contributed by atoms with Gasteiger partial charge in [0.25, 0.3) is 0 Å². The van der Waals surface area contributed by atoms with E-state index in [1.807, 2.05) is 18.2 Å². The SMILES string of the molecule is SC1CN(c2nc3cc(Cl)ccc3s2)C1. The van der Waals surface area contributed by atoms with Gasteiger partial charge in [0.15, 0.2) is 5.13 Å². The van der Waals surface area contributed by atoms with Crippen molar-refractivity contribution in [2.45, 2.75) is 5.25 Å². The molecule has 0 unspecified atom stereocenters. The number of halogens is 1. The molecule has 2 aromatic rings. The predicted molar refractivity (Wildman–Crippen MR) is 69.6 cm³/mol. The molecule has 3 rings (SSSR count). The Hall–Kier alpha value is -0.450. The van der Waals surface area contributed by atoms with E-state index in [-0.39, 0.29) is 0 Å². The predicted octanol–water partition coefficient (Wildman–Crippen LogP) is 3.07. The van der Waals surface area contributed by atoms with Crippen molar-refractivity contribution in [3.8, 4) is 0 Å². The van der Waals surface area contributed by atoms with Gasteiger partial charge in [-0.25, -0.2) is 4.98 Å². The van der Waals surface area contributed by atoms with Crippen molar-refractivity contribution in [3.05, 3.63) is 23.2 Å². The molecule has 0 amide bonds. The molecule has 0 bridgehead atoms. The molecule has 15 heavy (non-hydrogen) atoms. The molecule has 0 N–H and O–H groups in total. The number of rotatable bonds is 1. The number of fused-ring (bicyclic) bond motifs is 1. The molecule has 1 saturated heterocycles. The van der Waals surface area contributed by atoms with Crippen molar-refractivity contribution in [1.82, 2.24) is 4.98 Å². The molecule has 78 valence electrons. The summed E-state index contributed by atoms with van der Waals surface area (Å²) in [4.78, 5) is 6.80. The Bertz CT molecular complexity index is 505. The van der Waals surface area contributed by atoms with E-state index < -0.39 is 0 Å². The van der Waals surface area contributed by atoms with Crippen LogP contribution >= 0.6 is 35.6 Å². The van der Waals surface area contributed by atoms with Crippen LogP contribution in [-0.2, 0) is 0 Å². The van der Waals surface area contributed by atoms with Crippen LogP contribution in [0.3, 0.4) is 0 Å². The zero-order valence-electron chi connectivity index (χ0n) is 7.85. The van der Waals surface area contributed by atoms with Gasteiger partial charge in [-0.1, -0.05) is 22.9 Å². The van der Waals surface area contributed by atoms with E-state index in [1.54, 1.807) is 11.3 Å². The molecule has 5 heteroatoms. The fourth-order valence-corrected chi connectivity index (χ4v) is 3.16. The van der Waals surface area contributed by atoms with E-state index >= 15 is 0 Å². The van der Waals surface area contributed by atoms with Crippen molar-refractivity contribution < 1.29 is 0 Å². The third-order valence-electron chi connectivity index (χ3n) is 2.47. The van der Waals surface area contributed by atoms with Gasteiger partial charge in [-0.2, -0.15) is 12.6 Å². The molecule has 1 aliphatic rings. The standard InChI is InChI=1S/C10H9ClN2S2/c11-6-1-2-9-8(3-6)12-10(15-9)13-4-7(14)5-13/h1-3,7,14H,4-5H2. The lowest BCUT2D eigenvalue weighted by molar-refractivity contribution is 0.637. The number of hydrogen-bond donors (Lipinski definition) is 1. The van der Waals surface area contributed by atoms with Crippen LogP contribution in [0.25, 0.3) is 10.2 Å². The quantitative estimate of drug-likeness (QED) is 0.790. The summed E-state index contributed by atoms with van der Waals surface area (Å²) in [7, 11) is 0. The smallest absolute Gasteiger partial charge is 0.186 e. The maximum Gasteiger partial charge on any atom is 0.186 e. The number of benzene rings is 1. The van der Waals surface area contributed by atoms with Gasteiger partial charge in [0.1, 0.15) is 0 Å². The van der Waals surface area contributed by atoms with Gasteiger partial charge in [-0.05, 0) is 18.2 Å². The Morgan fingerprint density at radius 1 is 1.47 bits per heavy atom. The van der Waals surface area contributed by atoms with Crippen LogP contribution in [0.15, 0.2) is 18.2 Å². The highest BCUT2D eigenvalue weighted by atomic mass is 35.5. The first-order valence-electron chi connectivity index (χ1n) is 4.71. The second-order valence-corrected chi connectivity index (χ2v) is 5.84. The summed E-state index contributed by atoms with van der Waals surface area (Å²) in [5.74, 6) is 0.